The molecule has 0 radical (unpaired) electrons. The van der Waals surface area contributed by atoms with E-state index in [0.29, 0.717) is 45.6 Å². The molecule has 1 amide bonds. The lowest BCUT2D eigenvalue weighted by molar-refractivity contribution is -0.132. The van der Waals surface area contributed by atoms with Gasteiger partial charge in [-0.1, -0.05) is 45.5 Å². The number of anilines is 1. The Hall–Kier alpha value is -4.02. The van der Waals surface area contributed by atoms with Crippen LogP contribution in [0, 0.1) is 6.92 Å². The molecule has 10 heteroatoms. The number of rotatable bonds is 5. The summed E-state index contributed by atoms with van der Waals surface area (Å²) >= 11 is 4.74. The van der Waals surface area contributed by atoms with Crippen LogP contribution in [-0.4, -0.2) is 37.8 Å². The average molecular weight is 589 g/mol. The Balaban J connectivity index is 1.57. The van der Waals surface area contributed by atoms with Gasteiger partial charge in [0.1, 0.15) is 17.1 Å². The minimum absolute atomic E-state index is 0.0136. The maximum absolute atomic E-state index is 13.6. The first-order chi connectivity index (χ1) is 18.4. The molecule has 1 aliphatic rings. The van der Waals surface area contributed by atoms with E-state index in [1.54, 1.807) is 17.5 Å². The van der Waals surface area contributed by atoms with Crippen LogP contribution in [-0.2, 0) is 9.59 Å². The summed E-state index contributed by atoms with van der Waals surface area (Å²) in [6.45, 7) is 4.19. The van der Waals surface area contributed by atoms with Crippen LogP contribution in [0.3, 0.4) is 0 Å². The summed E-state index contributed by atoms with van der Waals surface area (Å²) in [7, 11) is 0. The molecule has 3 aromatic heterocycles. The molecular weight excluding hydrogens is 568 g/mol. The Morgan fingerprint density at radius 3 is 2.66 bits per heavy atom. The van der Waals surface area contributed by atoms with Gasteiger partial charge >= 0.3 is 5.91 Å². The molecule has 1 unspecified atom stereocenters. The van der Waals surface area contributed by atoms with Crippen molar-refractivity contribution in [3.05, 3.63) is 93.9 Å². The fraction of sp³-hybridized carbons (Fsp3) is 0.143. The number of fused-ring (bicyclic) bond motifs is 2. The van der Waals surface area contributed by atoms with Crippen molar-refractivity contribution in [1.82, 2.24) is 14.4 Å². The number of carbonyl (C=O) groups excluding carboxylic acids is 2. The molecule has 0 saturated carbocycles. The molecule has 2 aromatic carbocycles. The zero-order valence-electron chi connectivity index (χ0n) is 20.4. The summed E-state index contributed by atoms with van der Waals surface area (Å²) in [5.41, 5.74) is 2.86. The van der Waals surface area contributed by atoms with E-state index in [1.165, 1.54) is 16.2 Å². The number of halogens is 1. The van der Waals surface area contributed by atoms with Crippen molar-refractivity contribution in [1.29, 1.82) is 0 Å². The van der Waals surface area contributed by atoms with Gasteiger partial charge in [-0.15, -0.1) is 0 Å². The molecule has 0 spiro atoms. The molecule has 4 heterocycles. The molecule has 1 N–H and O–H groups in total. The van der Waals surface area contributed by atoms with Crippen LogP contribution in [0.5, 0.6) is 5.75 Å². The molecule has 1 fully saturated rings. The van der Waals surface area contributed by atoms with Crippen molar-refractivity contribution in [2.75, 3.05) is 11.5 Å². The average Bonchev–Trinajstić information content (AvgIpc) is 3.55. The summed E-state index contributed by atoms with van der Waals surface area (Å²) in [4.78, 5) is 37.7. The Morgan fingerprint density at radius 2 is 1.89 bits per heavy atom. The highest BCUT2D eigenvalue weighted by Gasteiger charge is 2.48. The molecule has 5 aromatic rings. The van der Waals surface area contributed by atoms with E-state index in [4.69, 9.17) is 4.74 Å². The number of benzene rings is 2. The van der Waals surface area contributed by atoms with Gasteiger partial charge in [-0.2, -0.15) is 0 Å². The molecule has 6 rings (SSSR count). The standard InChI is InChI=1S/C28H21BrN4O4S/c1-3-37-18-11-12-19-20(14-18)38-28(31-19)33-24(16-7-9-17(29)10-8-16)22(26(35)27(33)36)25(34)23-15(2)30-21-6-4-5-13-32(21)23/h4-14,24,34H,3H2,1-2H3/b25-22+. The fourth-order valence-electron chi connectivity index (χ4n) is 4.77. The third kappa shape index (κ3) is 3.88. The lowest BCUT2D eigenvalue weighted by Crippen LogP contribution is -2.29. The van der Waals surface area contributed by atoms with Crippen LogP contribution in [0.1, 0.15) is 29.9 Å². The number of hydrogen-bond acceptors (Lipinski definition) is 7. The number of Topliss-reactive ketones (excluding diaryl/α,β-unsaturated/α-hetero) is 1. The molecule has 1 atom stereocenters. The number of carbonyl (C=O) groups is 2. The van der Waals surface area contributed by atoms with Crippen molar-refractivity contribution in [2.24, 2.45) is 0 Å². The number of aryl methyl sites for hydroxylation is 1. The quantitative estimate of drug-likeness (QED) is 0.153. The van der Waals surface area contributed by atoms with E-state index in [2.05, 4.69) is 25.9 Å². The number of thiazole rings is 1. The predicted octanol–water partition coefficient (Wildman–Crippen LogP) is 6.04. The van der Waals surface area contributed by atoms with E-state index in [1.807, 2.05) is 67.6 Å². The molecule has 190 valence electrons. The number of aromatic nitrogens is 3. The van der Waals surface area contributed by atoms with Crippen LogP contribution < -0.4 is 9.64 Å². The van der Waals surface area contributed by atoms with Gasteiger partial charge < -0.3 is 9.84 Å². The van der Waals surface area contributed by atoms with Crippen LogP contribution in [0.4, 0.5) is 5.13 Å². The number of pyridine rings is 1. The minimum atomic E-state index is -0.885. The molecular formula is C28H21BrN4O4S. The number of aliphatic hydroxyl groups excluding tert-OH is 1. The van der Waals surface area contributed by atoms with E-state index >= 15 is 0 Å². The first-order valence-electron chi connectivity index (χ1n) is 11.9. The monoisotopic (exact) mass is 588 g/mol. The highest BCUT2D eigenvalue weighted by Crippen LogP contribution is 2.45. The van der Waals surface area contributed by atoms with Gasteiger partial charge in [-0.3, -0.25) is 18.9 Å². The third-order valence-electron chi connectivity index (χ3n) is 6.42. The topological polar surface area (TPSA) is 97.0 Å². The van der Waals surface area contributed by atoms with Crippen molar-refractivity contribution >= 4 is 65.7 Å². The second-order valence-electron chi connectivity index (χ2n) is 8.75. The normalized spacial score (nSPS) is 17.1. The van der Waals surface area contributed by atoms with Crippen molar-refractivity contribution in [2.45, 2.75) is 19.9 Å². The van der Waals surface area contributed by atoms with Gasteiger partial charge in [-0.25, -0.2) is 9.97 Å². The van der Waals surface area contributed by atoms with Crippen molar-refractivity contribution in [3.8, 4) is 5.75 Å². The number of ether oxygens (including phenoxy) is 1. The highest BCUT2D eigenvalue weighted by atomic mass is 79.9. The molecule has 0 aliphatic carbocycles. The number of amides is 1. The Bertz CT molecular complexity index is 1770. The molecule has 1 aliphatic heterocycles. The van der Waals surface area contributed by atoms with Crippen molar-refractivity contribution < 1.29 is 19.4 Å². The molecule has 38 heavy (non-hydrogen) atoms. The van der Waals surface area contributed by atoms with Gasteiger partial charge in [0, 0.05) is 10.7 Å². The van der Waals surface area contributed by atoms with Gasteiger partial charge in [0.2, 0.25) is 0 Å². The summed E-state index contributed by atoms with van der Waals surface area (Å²) in [6.07, 6.45) is 1.76. The van der Waals surface area contributed by atoms with Crippen LogP contribution in [0.25, 0.3) is 21.6 Å². The van der Waals surface area contributed by atoms with Gasteiger partial charge in [-0.05, 0) is 61.9 Å². The van der Waals surface area contributed by atoms with Crippen LogP contribution in [0.15, 0.2) is 76.9 Å². The summed E-state index contributed by atoms with van der Waals surface area (Å²) in [5, 5.41) is 12.0. The van der Waals surface area contributed by atoms with Crippen LogP contribution in [0.2, 0.25) is 0 Å². The molecule has 1 saturated heterocycles. The van der Waals surface area contributed by atoms with E-state index in [0.717, 1.165) is 9.17 Å². The Labute approximate surface area is 230 Å². The van der Waals surface area contributed by atoms with E-state index in [9.17, 15) is 14.7 Å². The number of nitrogens with zero attached hydrogens (tertiary/aromatic N) is 4. The zero-order chi connectivity index (χ0) is 26.6. The third-order valence-corrected chi connectivity index (χ3v) is 7.97. The van der Waals surface area contributed by atoms with Gasteiger partial charge in [0.15, 0.2) is 10.9 Å². The fourth-order valence-corrected chi connectivity index (χ4v) is 6.05. The maximum Gasteiger partial charge on any atom is 0.301 e. The lowest BCUT2D eigenvalue weighted by atomic mass is 9.96. The van der Waals surface area contributed by atoms with Crippen LogP contribution >= 0.6 is 27.3 Å². The van der Waals surface area contributed by atoms with Gasteiger partial charge in [0.25, 0.3) is 5.78 Å². The molecule has 0 bridgehead atoms. The second-order valence-corrected chi connectivity index (χ2v) is 10.7. The SMILES string of the molecule is CCOc1ccc2nc(N3C(=O)C(=O)/C(=C(/O)c4c(C)nc5ccccn45)C3c3ccc(Br)cc3)sc2c1. The number of hydrogen-bond donors (Lipinski definition) is 1. The van der Waals surface area contributed by atoms with Gasteiger partial charge in [0.05, 0.1) is 34.1 Å². The molecule has 8 nitrogen and oxygen atoms in total. The first-order valence-corrected chi connectivity index (χ1v) is 13.5. The number of imidazole rings is 1. The predicted molar refractivity (Wildman–Crippen MR) is 150 cm³/mol. The van der Waals surface area contributed by atoms with E-state index < -0.39 is 17.7 Å². The van der Waals surface area contributed by atoms with E-state index in [-0.39, 0.29) is 11.3 Å². The number of ketones is 1. The summed E-state index contributed by atoms with van der Waals surface area (Å²) in [5.74, 6) is -1.12. The number of aliphatic hydroxyl groups is 1. The largest absolute Gasteiger partial charge is 0.505 e. The summed E-state index contributed by atoms with van der Waals surface area (Å²) in [6, 6.07) is 17.4. The second kappa shape index (κ2) is 9.38. The lowest BCUT2D eigenvalue weighted by Gasteiger charge is -2.23. The summed E-state index contributed by atoms with van der Waals surface area (Å²) < 4.78 is 8.99. The maximum atomic E-state index is 13.6. The Kier molecular flexibility index (Phi) is 6.00. The smallest absolute Gasteiger partial charge is 0.301 e. The highest BCUT2D eigenvalue weighted by molar-refractivity contribution is 9.10. The zero-order valence-corrected chi connectivity index (χ0v) is 22.8. The minimum Gasteiger partial charge on any atom is -0.505 e. The Morgan fingerprint density at radius 1 is 1.11 bits per heavy atom. The first kappa shape index (κ1) is 24.3. The van der Waals surface area contributed by atoms with Crippen molar-refractivity contribution in [3.63, 3.8) is 0 Å².